The number of benzene rings is 1. The Balaban J connectivity index is 2.40. The molecule has 0 aliphatic heterocycles. The highest BCUT2D eigenvalue weighted by Crippen LogP contribution is 2.28. The quantitative estimate of drug-likeness (QED) is 0.879. The van der Waals surface area contributed by atoms with E-state index in [0.29, 0.717) is 11.4 Å². The van der Waals surface area contributed by atoms with Gasteiger partial charge in [0, 0.05) is 6.20 Å². The van der Waals surface area contributed by atoms with Gasteiger partial charge in [-0.3, -0.25) is 4.79 Å². The summed E-state index contributed by atoms with van der Waals surface area (Å²) in [6.45, 7) is 3.31. The van der Waals surface area contributed by atoms with Crippen LogP contribution in [-0.2, 0) is 11.0 Å². The van der Waals surface area contributed by atoms with Crippen LogP contribution < -0.4 is 5.32 Å². The van der Waals surface area contributed by atoms with Crippen LogP contribution in [0, 0.1) is 0 Å². The highest BCUT2D eigenvalue weighted by atomic mass is 19.4. The predicted molar refractivity (Wildman–Crippen MR) is 67.4 cm³/mol. The molecule has 1 heterocycles. The van der Waals surface area contributed by atoms with Gasteiger partial charge in [-0.25, -0.2) is 4.68 Å². The number of nitrogens with zero attached hydrogens (tertiary/aromatic N) is 2. The van der Waals surface area contributed by atoms with Gasteiger partial charge in [0.05, 0.1) is 11.4 Å². The molecule has 0 unspecified atom stereocenters. The van der Waals surface area contributed by atoms with Gasteiger partial charge < -0.3 is 5.32 Å². The van der Waals surface area contributed by atoms with Crippen LogP contribution >= 0.6 is 0 Å². The number of amides is 1. The van der Waals surface area contributed by atoms with Crippen LogP contribution in [0.1, 0.15) is 5.69 Å². The first-order valence-corrected chi connectivity index (χ1v) is 5.57. The number of halogens is 3. The van der Waals surface area contributed by atoms with E-state index in [0.717, 1.165) is 16.8 Å². The van der Waals surface area contributed by atoms with Crippen LogP contribution in [0.15, 0.2) is 49.2 Å². The molecule has 0 atom stereocenters. The Hall–Kier alpha value is -2.57. The molecule has 2 rings (SSSR count). The van der Waals surface area contributed by atoms with Crippen molar-refractivity contribution >= 4 is 11.6 Å². The monoisotopic (exact) mass is 281 g/mol. The average Bonchev–Trinajstić information content (AvgIpc) is 2.88. The Bertz CT molecular complexity index is 646. The lowest BCUT2D eigenvalue weighted by Gasteiger charge is -2.09. The lowest BCUT2D eigenvalue weighted by molar-refractivity contribution is -0.141. The zero-order valence-corrected chi connectivity index (χ0v) is 10.2. The van der Waals surface area contributed by atoms with E-state index in [2.05, 4.69) is 17.0 Å². The van der Waals surface area contributed by atoms with Crippen LogP contribution in [-0.4, -0.2) is 15.7 Å². The standard InChI is InChI=1S/C13H10F3N3O/c1-2-12(20)17-9-5-3-4-6-10(9)19-8-7-11(18-19)13(14,15)16/h2-8H,1H2,(H,17,20). The van der Waals surface area contributed by atoms with Crippen molar-refractivity contribution in [3.63, 3.8) is 0 Å². The van der Waals surface area contributed by atoms with Crippen molar-refractivity contribution in [3.05, 3.63) is 54.9 Å². The fraction of sp³-hybridized carbons (Fsp3) is 0.0769. The minimum Gasteiger partial charge on any atom is -0.321 e. The first kappa shape index (κ1) is 13.9. The van der Waals surface area contributed by atoms with Crippen LogP contribution in [0.4, 0.5) is 18.9 Å². The summed E-state index contributed by atoms with van der Waals surface area (Å²) >= 11 is 0. The number of para-hydroxylation sites is 2. The van der Waals surface area contributed by atoms with E-state index in [-0.39, 0.29) is 0 Å². The second kappa shape index (κ2) is 5.20. The molecular formula is C13H10F3N3O. The van der Waals surface area contributed by atoms with E-state index in [1.165, 1.54) is 6.20 Å². The van der Waals surface area contributed by atoms with Crippen molar-refractivity contribution in [3.8, 4) is 5.69 Å². The molecular weight excluding hydrogens is 271 g/mol. The molecule has 1 aromatic heterocycles. The van der Waals surface area contributed by atoms with Crippen molar-refractivity contribution in [2.75, 3.05) is 5.32 Å². The molecule has 104 valence electrons. The third-order valence-electron chi connectivity index (χ3n) is 2.47. The molecule has 0 bridgehead atoms. The number of carbonyl (C=O) groups excluding carboxylic acids is 1. The first-order valence-electron chi connectivity index (χ1n) is 5.57. The number of rotatable bonds is 3. The van der Waals surface area contributed by atoms with Crippen molar-refractivity contribution in [2.24, 2.45) is 0 Å². The summed E-state index contributed by atoms with van der Waals surface area (Å²) in [5.41, 5.74) is -0.324. The van der Waals surface area contributed by atoms with Crippen molar-refractivity contribution < 1.29 is 18.0 Å². The largest absolute Gasteiger partial charge is 0.435 e. The van der Waals surface area contributed by atoms with Gasteiger partial charge >= 0.3 is 6.18 Å². The number of aromatic nitrogens is 2. The minimum atomic E-state index is -4.51. The Morgan fingerprint density at radius 3 is 2.60 bits per heavy atom. The van der Waals surface area contributed by atoms with Crippen LogP contribution in [0.5, 0.6) is 0 Å². The summed E-state index contributed by atoms with van der Waals surface area (Å²) in [5, 5.41) is 5.97. The molecule has 1 N–H and O–H groups in total. The Morgan fingerprint density at radius 1 is 1.30 bits per heavy atom. The van der Waals surface area contributed by atoms with Gasteiger partial charge in [0.15, 0.2) is 5.69 Å². The Morgan fingerprint density at radius 2 is 2.00 bits per heavy atom. The second-order valence-electron chi connectivity index (χ2n) is 3.85. The van der Waals surface area contributed by atoms with Gasteiger partial charge in [0.1, 0.15) is 0 Å². The third-order valence-corrected chi connectivity index (χ3v) is 2.47. The van der Waals surface area contributed by atoms with Crippen LogP contribution in [0.3, 0.4) is 0 Å². The molecule has 0 saturated carbocycles. The lowest BCUT2D eigenvalue weighted by atomic mass is 10.2. The average molecular weight is 281 g/mol. The molecule has 1 amide bonds. The van der Waals surface area contributed by atoms with Crippen LogP contribution in [0.25, 0.3) is 5.69 Å². The van der Waals surface area contributed by atoms with Gasteiger partial charge in [0.25, 0.3) is 0 Å². The lowest BCUT2D eigenvalue weighted by Crippen LogP contribution is -2.11. The molecule has 1 aromatic carbocycles. The van der Waals surface area contributed by atoms with Gasteiger partial charge in [-0.2, -0.15) is 18.3 Å². The molecule has 0 spiro atoms. The van der Waals surface area contributed by atoms with Crippen LogP contribution in [0.2, 0.25) is 0 Å². The summed E-state index contributed by atoms with van der Waals surface area (Å²) in [7, 11) is 0. The number of anilines is 1. The molecule has 0 aliphatic carbocycles. The molecule has 20 heavy (non-hydrogen) atoms. The van der Waals surface area contributed by atoms with E-state index in [4.69, 9.17) is 0 Å². The van der Waals surface area contributed by atoms with Gasteiger partial charge in [-0.1, -0.05) is 18.7 Å². The predicted octanol–water partition coefficient (Wildman–Crippen LogP) is 3.02. The highest BCUT2D eigenvalue weighted by molar-refractivity contribution is 6.00. The first-order chi connectivity index (χ1) is 9.41. The fourth-order valence-electron chi connectivity index (χ4n) is 1.57. The molecule has 0 saturated heterocycles. The van der Waals surface area contributed by atoms with Gasteiger partial charge in [-0.15, -0.1) is 0 Å². The number of carbonyl (C=O) groups is 1. The molecule has 0 fully saturated rings. The summed E-state index contributed by atoms with van der Waals surface area (Å²) in [5.74, 6) is -0.458. The summed E-state index contributed by atoms with van der Waals surface area (Å²) in [6.07, 6.45) is -2.26. The van der Waals surface area contributed by atoms with Gasteiger partial charge in [0.2, 0.25) is 5.91 Å². The molecule has 4 nitrogen and oxygen atoms in total. The third kappa shape index (κ3) is 2.87. The zero-order valence-electron chi connectivity index (χ0n) is 10.2. The molecule has 7 heteroatoms. The van der Waals surface area contributed by atoms with E-state index in [1.807, 2.05) is 0 Å². The van der Waals surface area contributed by atoms with E-state index >= 15 is 0 Å². The van der Waals surface area contributed by atoms with Gasteiger partial charge in [-0.05, 0) is 24.3 Å². The Kier molecular flexibility index (Phi) is 3.60. The second-order valence-corrected chi connectivity index (χ2v) is 3.85. The maximum absolute atomic E-state index is 12.5. The number of hydrogen-bond donors (Lipinski definition) is 1. The van der Waals surface area contributed by atoms with E-state index in [1.54, 1.807) is 24.3 Å². The SMILES string of the molecule is C=CC(=O)Nc1ccccc1-n1ccc(C(F)(F)F)n1. The zero-order chi connectivity index (χ0) is 14.8. The summed E-state index contributed by atoms with van der Waals surface area (Å²) < 4.78 is 38.6. The normalized spacial score (nSPS) is 11.2. The van der Waals surface area contributed by atoms with E-state index < -0.39 is 17.8 Å². The van der Waals surface area contributed by atoms with E-state index in [9.17, 15) is 18.0 Å². The highest BCUT2D eigenvalue weighted by Gasteiger charge is 2.33. The van der Waals surface area contributed by atoms with Crippen molar-refractivity contribution in [1.29, 1.82) is 0 Å². The summed E-state index contributed by atoms with van der Waals surface area (Å²) in [4.78, 5) is 11.3. The maximum Gasteiger partial charge on any atom is 0.435 e. The Labute approximate surface area is 112 Å². The smallest absolute Gasteiger partial charge is 0.321 e. The fourth-order valence-corrected chi connectivity index (χ4v) is 1.57. The molecule has 2 aromatic rings. The number of hydrogen-bond acceptors (Lipinski definition) is 2. The molecule has 0 radical (unpaired) electrons. The maximum atomic E-state index is 12.5. The topological polar surface area (TPSA) is 46.9 Å². The summed E-state index contributed by atoms with van der Waals surface area (Å²) in [6, 6.07) is 7.26. The number of alkyl halides is 3. The number of nitrogens with one attached hydrogen (secondary N) is 1. The molecule has 0 aliphatic rings. The van der Waals surface area contributed by atoms with Crippen molar-refractivity contribution in [1.82, 2.24) is 9.78 Å². The van der Waals surface area contributed by atoms with Crippen molar-refractivity contribution in [2.45, 2.75) is 6.18 Å². The minimum absolute atomic E-state index is 0.332.